The van der Waals surface area contributed by atoms with Crippen molar-refractivity contribution in [3.05, 3.63) is 47.5 Å². The van der Waals surface area contributed by atoms with Crippen LogP contribution in [0.2, 0.25) is 5.02 Å². The SMILES string of the molecule is CN=C(NCC(=O)NCc1ccco1)NC1CCN(c2ncccc2Cl)C1.I. The van der Waals surface area contributed by atoms with Crippen molar-refractivity contribution in [3.8, 4) is 0 Å². The molecule has 3 N–H and O–H groups in total. The molecule has 10 heteroatoms. The number of hydrogen-bond donors (Lipinski definition) is 3. The molecule has 1 unspecified atom stereocenters. The number of pyridine rings is 1. The van der Waals surface area contributed by atoms with Crippen LogP contribution in [0, 0.1) is 0 Å². The molecule has 1 saturated heterocycles. The Labute approximate surface area is 186 Å². The molecule has 8 nitrogen and oxygen atoms in total. The van der Waals surface area contributed by atoms with Crippen LogP contribution in [0.4, 0.5) is 5.82 Å². The average molecular weight is 519 g/mol. The van der Waals surface area contributed by atoms with Crippen molar-refractivity contribution in [3.63, 3.8) is 0 Å². The first kappa shape index (κ1) is 22.3. The van der Waals surface area contributed by atoms with Crippen molar-refractivity contribution in [1.29, 1.82) is 0 Å². The zero-order chi connectivity index (χ0) is 19.1. The number of hydrogen-bond acceptors (Lipinski definition) is 5. The molecule has 1 fully saturated rings. The molecule has 1 aliphatic heterocycles. The fourth-order valence-electron chi connectivity index (χ4n) is 2.89. The van der Waals surface area contributed by atoms with Gasteiger partial charge in [-0.15, -0.1) is 24.0 Å². The molecule has 0 radical (unpaired) electrons. The summed E-state index contributed by atoms with van der Waals surface area (Å²) in [6, 6.07) is 7.45. The predicted octanol–water partition coefficient (Wildman–Crippen LogP) is 2.01. The lowest BCUT2D eigenvalue weighted by atomic mass is 10.3. The largest absolute Gasteiger partial charge is 0.467 e. The van der Waals surface area contributed by atoms with E-state index in [0.717, 1.165) is 25.3 Å². The van der Waals surface area contributed by atoms with Gasteiger partial charge in [-0.3, -0.25) is 9.79 Å². The van der Waals surface area contributed by atoms with E-state index < -0.39 is 0 Å². The maximum Gasteiger partial charge on any atom is 0.239 e. The summed E-state index contributed by atoms with van der Waals surface area (Å²) in [5, 5.41) is 9.80. The maximum absolute atomic E-state index is 11.9. The summed E-state index contributed by atoms with van der Waals surface area (Å²) in [4.78, 5) is 22.6. The van der Waals surface area contributed by atoms with Gasteiger partial charge in [-0.05, 0) is 30.7 Å². The average Bonchev–Trinajstić information content (AvgIpc) is 3.35. The molecule has 28 heavy (non-hydrogen) atoms. The summed E-state index contributed by atoms with van der Waals surface area (Å²) in [7, 11) is 1.68. The minimum Gasteiger partial charge on any atom is -0.467 e. The number of anilines is 1. The van der Waals surface area contributed by atoms with Gasteiger partial charge in [-0.25, -0.2) is 4.98 Å². The van der Waals surface area contributed by atoms with Gasteiger partial charge in [0.15, 0.2) is 5.96 Å². The number of amides is 1. The van der Waals surface area contributed by atoms with Gasteiger partial charge in [0.25, 0.3) is 0 Å². The second-order valence-corrected chi connectivity index (χ2v) is 6.57. The van der Waals surface area contributed by atoms with Gasteiger partial charge in [0.1, 0.15) is 11.6 Å². The molecule has 1 atom stereocenters. The molecule has 0 aliphatic carbocycles. The summed E-state index contributed by atoms with van der Waals surface area (Å²) in [5.41, 5.74) is 0. The lowest BCUT2D eigenvalue weighted by molar-refractivity contribution is -0.120. The Hall–Kier alpha value is -2.01. The molecule has 0 saturated carbocycles. The second-order valence-electron chi connectivity index (χ2n) is 6.17. The van der Waals surface area contributed by atoms with Crippen molar-refractivity contribution in [2.24, 2.45) is 4.99 Å². The van der Waals surface area contributed by atoms with Crippen LogP contribution in [0.3, 0.4) is 0 Å². The topological polar surface area (TPSA) is 94.8 Å². The highest BCUT2D eigenvalue weighted by atomic mass is 127. The molecule has 0 aromatic carbocycles. The van der Waals surface area contributed by atoms with Gasteiger partial charge in [0, 0.05) is 32.4 Å². The fourth-order valence-corrected chi connectivity index (χ4v) is 3.13. The Morgan fingerprint density at radius 2 is 2.25 bits per heavy atom. The van der Waals surface area contributed by atoms with Crippen LogP contribution in [0.1, 0.15) is 12.2 Å². The lowest BCUT2D eigenvalue weighted by Gasteiger charge is -2.20. The lowest BCUT2D eigenvalue weighted by Crippen LogP contribution is -2.47. The quantitative estimate of drug-likeness (QED) is 0.308. The third-order valence-electron chi connectivity index (χ3n) is 4.25. The first-order valence-corrected chi connectivity index (χ1v) is 9.15. The van der Waals surface area contributed by atoms with Crippen LogP contribution in [0.15, 0.2) is 46.1 Å². The fraction of sp³-hybridized carbons (Fsp3) is 0.389. The van der Waals surface area contributed by atoms with E-state index in [-0.39, 0.29) is 42.5 Å². The highest BCUT2D eigenvalue weighted by Gasteiger charge is 2.25. The third kappa shape index (κ3) is 6.26. The van der Waals surface area contributed by atoms with E-state index in [1.165, 1.54) is 0 Å². The van der Waals surface area contributed by atoms with Gasteiger partial charge in [-0.2, -0.15) is 0 Å². The minimum absolute atomic E-state index is 0. The molecule has 3 heterocycles. The number of rotatable bonds is 6. The van der Waals surface area contributed by atoms with E-state index in [2.05, 4.69) is 30.8 Å². The number of nitrogens with one attached hydrogen (secondary N) is 3. The van der Waals surface area contributed by atoms with E-state index in [1.54, 1.807) is 25.6 Å². The number of guanidine groups is 1. The summed E-state index contributed by atoms with van der Waals surface area (Å²) >= 11 is 6.22. The Morgan fingerprint density at radius 1 is 1.39 bits per heavy atom. The maximum atomic E-state index is 11.9. The van der Waals surface area contributed by atoms with E-state index in [4.69, 9.17) is 16.0 Å². The number of nitrogens with zero attached hydrogens (tertiary/aromatic N) is 3. The summed E-state index contributed by atoms with van der Waals surface area (Å²) in [6.07, 6.45) is 4.25. The van der Waals surface area contributed by atoms with Gasteiger partial charge in [0.2, 0.25) is 5.91 Å². The first-order valence-electron chi connectivity index (χ1n) is 8.77. The Morgan fingerprint density at radius 3 is 2.96 bits per heavy atom. The van der Waals surface area contributed by atoms with E-state index in [1.807, 2.05) is 18.2 Å². The number of carbonyl (C=O) groups excluding carboxylic acids is 1. The normalized spacial score (nSPS) is 16.4. The van der Waals surface area contributed by atoms with Crippen LogP contribution in [-0.2, 0) is 11.3 Å². The number of aromatic nitrogens is 1. The molecule has 2 aromatic heterocycles. The third-order valence-corrected chi connectivity index (χ3v) is 4.54. The zero-order valence-corrected chi connectivity index (χ0v) is 18.6. The van der Waals surface area contributed by atoms with Crippen molar-refractivity contribution >= 4 is 53.3 Å². The number of carbonyl (C=O) groups is 1. The summed E-state index contributed by atoms with van der Waals surface area (Å²) in [5.74, 6) is 1.96. The molecule has 0 bridgehead atoms. The van der Waals surface area contributed by atoms with Crippen LogP contribution in [0.25, 0.3) is 0 Å². The van der Waals surface area contributed by atoms with Crippen LogP contribution in [0.5, 0.6) is 0 Å². The molecule has 3 rings (SSSR count). The second kappa shape index (κ2) is 11.1. The molecule has 1 amide bonds. The first-order chi connectivity index (χ1) is 13.2. The van der Waals surface area contributed by atoms with E-state index in [0.29, 0.717) is 23.3 Å². The molecule has 2 aromatic rings. The van der Waals surface area contributed by atoms with Gasteiger partial charge >= 0.3 is 0 Å². The standard InChI is InChI=1S/C18H23ClN6O2.HI/c1-20-18(23-11-16(26)22-10-14-4-3-9-27-14)24-13-6-8-25(12-13)17-15(19)5-2-7-21-17;/h2-5,7,9,13H,6,8,10-12H2,1H3,(H,22,26)(H2,20,23,24);1H. The van der Waals surface area contributed by atoms with Crippen LogP contribution >= 0.6 is 35.6 Å². The number of halogens is 2. The summed E-state index contributed by atoms with van der Waals surface area (Å²) < 4.78 is 5.18. The number of aliphatic imine (C=N–C) groups is 1. The predicted molar refractivity (Wildman–Crippen MR) is 120 cm³/mol. The Kier molecular flexibility index (Phi) is 8.84. The van der Waals surface area contributed by atoms with Crippen molar-refractivity contribution in [1.82, 2.24) is 20.9 Å². The zero-order valence-electron chi connectivity index (χ0n) is 15.5. The highest BCUT2D eigenvalue weighted by Crippen LogP contribution is 2.25. The van der Waals surface area contributed by atoms with Crippen molar-refractivity contribution < 1.29 is 9.21 Å². The van der Waals surface area contributed by atoms with Crippen LogP contribution in [-0.4, -0.2) is 49.6 Å². The van der Waals surface area contributed by atoms with Crippen molar-refractivity contribution in [2.45, 2.75) is 19.0 Å². The Balaban J connectivity index is 0.00000280. The van der Waals surface area contributed by atoms with Gasteiger partial charge < -0.3 is 25.3 Å². The minimum atomic E-state index is -0.136. The van der Waals surface area contributed by atoms with E-state index in [9.17, 15) is 4.79 Å². The number of furan rings is 1. The molecule has 1 aliphatic rings. The molecular formula is C18H24ClIN6O2. The van der Waals surface area contributed by atoms with Crippen LogP contribution < -0.4 is 20.9 Å². The molecular weight excluding hydrogens is 495 g/mol. The van der Waals surface area contributed by atoms with Gasteiger partial charge in [0.05, 0.1) is 24.4 Å². The smallest absolute Gasteiger partial charge is 0.239 e. The monoisotopic (exact) mass is 518 g/mol. The Bertz CT molecular complexity index is 786. The van der Waals surface area contributed by atoms with Crippen molar-refractivity contribution in [2.75, 3.05) is 31.6 Å². The molecule has 152 valence electrons. The van der Waals surface area contributed by atoms with E-state index >= 15 is 0 Å². The van der Waals surface area contributed by atoms with Gasteiger partial charge in [-0.1, -0.05) is 11.6 Å². The summed E-state index contributed by atoms with van der Waals surface area (Å²) in [6.45, 7) is 2.11. The highest BCUT2D eigenvalue weighted by molar-refractivity contribution is 14.0. The molecule has 0 spiro atoms.